The van der Waals surface area contributed by atoms with E-state index in [1.807, 2.05) is 0 Å². The van der Waals surface area contributed by atoms with Gasteiger partial charge in [-0.05, 0) is 0 Å². The molecule has 5 heteroatoms. The average Bonchev–Trinajstić information content (AvgIpc) is 0.607. The minimum atomic E-state index is -5.99. The zero-order chi connectivity index (χ0) is 82.7. The molecule has 0 saturated heterocycles. The second kappa shape index (κ2) is 30.6. The first-order valence-electron chi connectivity index (χ1n) is 43.5. The molecular formula is C120H88P4Pd. The van der Waals surface area contributed by atoms with Crippen LogP contribution < -0.4 is 63.7 Å². The molecule has 24 aromatic rings. The summed E-state index contributed by atoms with van der Waals surface area (Å²) in [6.07, 6.45) is 0. The molecule has 0 aliphatic rings. The zero-order valence-corrected chi connectivity index (χ0v) is 74.4. The fraction of sp³-hybridized carbons (Fsp3) is 0. The van der Waals surface area contributed by atoms with Crippen molar-refractivity contribution in [1.82, 2.24) is 0 Å². The van der Waals surface area contributed by atoms with Gasteiger partial charge in [0.2, 0.25) is 0 Å². The van der Waals surface area contributed by atoms with E-state index in [9.17, 15) is 0 Å². The average molecular weight is 1760 g/mol. The summed E-state index contributed by atoms with van der Waals surface area (Å²) in [7, 11) is 0. The first kappa shape index (κ1) is 75.5. The molecule has 0 aliphatic heterocycles. The Labute approximate surface area is 731 Å². The van der Waals surface area contributed by atoms with Crippen molar-refractivity contribution in [2.75, 3.05) is 0 Å². The Balaban J connectivity index is 1.26. The van der Waals surface area contributed by atoms with Gasteiger partial charge in [-0.1, -0.05) is 0 Å². The fourth-order valence-electron chi connectivity index (χ4n) is 22.5. The van der Waals surface area contributed by atoms with Crippen molar-refractivity contribution in [1.29, 1.82) is 0 Å². The second-order valence-electron chi connectivity index (χ2n) is 33.2. The standard InChI is InChI=1S/4C30H21P.Pd/c4*1-4-16-25-22(10-1)13-7-19-28(25)31(29-20-8-14-23-11-2-5-17-26(23)29)30-21-9-15-24-12-3-6-18-27(24)30;/h4*1-21H;/q;;;;-4/p+4. The van der Waals surface area contributed by atoms with Gasteiger partial charge < -0.3 is 0 Å². The van der Waals surface area contributed by atoms with Crippen molar-refractivity contribution >= 4 is 215 Å². The molecule has 0 N–H and O–H groups in total. The van der Waals surface area contributed by atoms with Crippen LogP contribution in [0.15, 0.2) is 510 Å². The van der Waals surface area contributed by atoms with Crippen LogP contribution in [0.5, 0.6) is 0 Å². The first-order chi connectivity index (χ1) is 62.1. The van der Waals surface area contributed by atoms with Gasteiger partial charge in [0.1, 0.15) is 0 Å². The SMILES string of the molecule is c1ccc2c([PH](c3cccc4ccccc34)(c3cccc4ccccc34)[Pd]([PH](c3cccc4ccccc34)(c3cccc4ccccc34)c3cccc4ccccc34)([PH](c3cccc4ccccc34)(c3cccc4ccccc34)c3cccc4ccccc34)[PH](c3cccc4ccccc34)(c3cccc4ccccc34)c3cccc4ccccc34)cccc2c1. The molecule has 0 aliphatic carbocycles. The normalized spacial score (nSPS) is 13.6. The molecule has 0 amide bonds. The van der Waals surface area contributed by atoms with Gasteiger partial charge in [-0.25, -0.2) is 0 Å². The molecule has 0 fully saturated rings. The summed E-state index contributed by atoms with van der Waals surface area (Å²) in [5.41, 5.74) is -20.8. The van der Waals surface area contributed by atoms with Crippen LogP contribution in [0.3, 0.4) is 0 Å². The summed E-state index contributed by atoms with van der Waals surface area (Å²) in [6, 6.07) is 211. The van der Waals surface area contributed by atoms with Gasteiger partial charge in [0.05, 0.1) is 0 Å². The summed E-state index contributed by atoms with van der Waals surface area (Å²) in [6.45, 7) is 0. The topological polar surface area (TPSA) is 0 Å². The zero-order valence-electron chi connectivity index (χ0n) is 68.8. The van der Waals surface area contributed by atoms with Crippen LogP contribution in [0.25, 0.3) is 129 Å². The van der Waals surface area contributed by atoms with Crippen LogP contribution in [0.1, 0.15) is 0 Å². The van der Waals surface area contributed by atoms with E-state index in [0.717, 1.165) is 0 Å². The molecule has 0 spiro atoms. The molecule has 0 radical (unpaired) electrons. The predicted molar refractivity (Wildman–Crippen MR) is 556 cm³/mol. The molecule has 0 unspecified atom stereocenters. The van der Waals surface area contributed by atoms with Crippen molar-refractivity contribution in [2.45, 2.75) is 0 Å². The third-order valence-corrected chi connectivity index (χ3v) is 130. The number of fused-ring (bicyclic) bond motifs is 12. The second-order valence-corrected chi connectivity index (χ2v) is 83.4. The molecule has 0 aromatic heterocycles. The van der Waals surface area contributed by atoms with Crippen LogP contribution in [0.2, 0.25) is 0 Å². The van der Waals surface area contributed by atoms with E-state index >= 15 is 0 Å². The summed E-state index contributed by atoms with van der Waals surface area (Å²) >= 11 is -5.99. The van der Waals surface area contributed by atoms with Gasteiger partial charge in [-0.15, -0.1) is 0 Å². The Hall–Kier alpha value is -13.2. The molecule has 598 valence electrons. The fourth-order valence-corrected chi connectivity index (χ4v) is 185. The van der Waals surface area contributed by atoms with Crippen LogP contribution in [-0.4, -0.2) is 0 Å². The minimum absolute atomic E-state index is 1.21. The van der Waals surface area contributed by atoms with Gasteiger partial charge in [-0.3, -0.25) is 0 Å². The van der Waals surface area contributed by atoms with E-state index < -0.39 is 35.4 Å². The van der Waals surface area contributed by atoms with Crippen LogP contribution >= 0.6 is 21.8 Å². The molecule has 24 aromatic carbocycles. The van der Waals surface area contributed by atoms with Crippen LogP contribution in [-0.2, 0) is 13.6 Å². The van der Waals surface area contributed by atoms with Crippen molar-refractivity contribution in [3.8, 4) is 0 Å². The Morgan fingerprint density at radius 2 is 0.168 bits per heavy atom. The van der Waals surface area contributed by atoms with Crippen molar-refractivity contribution in [3.63, 3.8) is 0 Å². The van der Waals surface area contributed by atoms with E-state index in [1.54, 1.807) is 0 Å². The van der Waals surface area contributed by atoms with E-state index in [2.05, 4.69) is 510 Å². The van der Waals surface area contributed by atoms with E-state index in [0.29, 0.717) is 0 Å². The summed E-state index contributed by atoms with van der Waals surface area (Å²) in [5, 5.41) is 46.8. The molecule has 0 nitrogen and oxygen atoms in total. The molecule has 0 atom stereocenters. The monoisotopic (exact) mass is 1760 g/mol. The van der Waals surface area contributed by atoms with E-state index in [1.165, 1.54) is 193 Å². The molecule has 0 saturated carbocycles. The predicted octanol–water partition coefficient (Wildman–Crippen LogP) is 26.5. The van der Waals surface area contributed by atoms with Gasteiger partial charge in [0.15, 0.2) is 0 Å². The molecule has 0 heterocycles. The van der Waals surface area contributed by atoms with Crippen LogP contribution in [0, 0.1) is 0 Å². The molecular weight excluding hydrogens is 1670 g/mol. The van der Waals surface area contributed by atoms with Crippen molar-refractivity contribution < 1.29 is 13.6 Å². The molecule has 0 bridgehead atoms. The Morgan fingerprint density at radius 3 is 0.264 bits per heavy atom. The van der Waals surface area contributed by atoms with Crippen molar-refractivity contribution in [2.24, 2.45) is 0 Å². The van der Waals surface area contributed by atoms with Gasteiger partial charge in [0.25, 0.3) is 0 Å². The molecule has 24 rings (SSSR count). The van der Waals surface area contributed by atoms with Gasteiger partial charge >= 0.3 is 738 Å². The summed E-state index contributed by atoms with van der Waals surface area (Å²) in [5.74, 6) is 0. The summed E-state index contributed by atoms with van der Waals surface area (Å²) < 4.78 is 0. The Kier molecular flexibility index (Phi) is 18.5. The van der Waals surface area contributed by atoms with Crippen molar-refractivity contribution in [3.05, 3.63) is 510 Å². The van der Waals surface area contributed by atoms with Gasteiger partial charge in [0, 0.05) is 0 Å². The number of rotatable bonds is 16. The quantitative estimate of drug-likeness (QED) is 0.0668. The van der Waals surface area contributed by atoms with Gasteiger partial charge in [-0.2, -0.15) is 0 Å². The number of benzene rings is 24. The Bertz CT molecular complexity index is 6650. The maximum absolute atomic E-state index is 5.99. The third-order valence-electron chi connectivity index (χ3n) is 27.2. The maximum atomic E-state index is 2.81. The van der Waals surface area contributed by atoms with E-state index in [-0.39, 0.29) is 0 Å². The molecule has 125 heavy (non-hydrogen) atoms. The van der Waals surface area contributed by atoms with Crippen LogP contribution in [0.4, 0.5) is 0 Å². The summed E-state index contributed by atoms with van der Waals surface area (Å²) in [4.78, 5) is 0. The Morgan fingerprint density at radius 1 is 0.0880 bits per heavy atom. The third kappa shape index (κ3) is 10.9. The van der Waals surface area contributed by atoms with E-state index in [4.69, 9.17) is 0 Å². The first-order valence-corrected chi connectivity index (χ1v) is 60.1. The number of hydrogen-bond donors (Lipinski definition) is 0. The number of hydrogen-bond acceptors (Lipinski definition) is 0.